The van der Waals surface area contributed by atoms with E-state index in [4.69, 9.17) is 16.3 Å². The molecule has 0 saturated heterocycles. The van der Waals surface area contributed by atoms with Gasteiger partial charge in [-0.3, -0.25) is 9.59 Å². The van der Waals surface area contributed by atoms with E-state index in [2.05, 4.69) is 10.4 Å². The number of aromatic nitrogens is 2. The molecule has 3 rings (SSSR count). The van der Waals surface area contributed by atoms with Crippen molar-refractivity contribution >= 4 is 17.5 Å². The Labute approximate surface area is 155 Å². The molecule has 0 aliphatic heterocycles. The van der Waals surface area contributed by atoms with Crippen LogP contribution in [0.1, 0.15) is 16.1 Å². The molecule has 26 heavy (non-hydrogen) atoms. The highest BCUT2D eigenvalue weighted by Gasteiger charge is 2.18. The molecule has 0 spiro atoms. The van der Waals surface area contributed by atoms with Gasteiger partial charge in [-0.15, -0.1) is 0 Å². The summed E-state index contributed by atoms with van der Waals surface area (Å²) in [7, 11) is 1.38. The van der Waals surface area contributed by atoms with Gasteiger partial charge in [-0.05, 0) is 23.8 Å². The summed E-state index contributed by atoms with van der Waals surface area (Å²) in [5.74, 6) is -0.356. The lowest BCUT2D eigenvalue weighted by atomic mass is 10.2. The number of hydrogen-bond acceptors (Lipinski definition) is 4. The van der Waals surface area contributed by atoms with Gasteiger partial charge in [-0.25, -0.2) is 0 Å². The minimum atomic E-state index is -0.466. The molecule has 132 valence electrons. The van der Waals surface area contributed by atoms with Crippen molar-refractivity contribution in [1.82, 2.24) is 15.1 Å². The van der Waals surface area contributed by atoms with Crippen molar-refractivity contribution in [2.45, 2.75) is 6.54 Å². The highest BCUT2D eigenvalue weighted by molar-refractivity contribution is 6.31. The van der Waals surface area contributed by atoms with Gasteiger partial charge in [0, 0.05) is 11.6 Å². The predicted molar refractivity (Wildman–Crippen MR) is 99.0 cm³/mol. The van der Waals surface area contributed by atoms with E-state index in [-0.39, 0.29) is 18.0 Å². The molecule has 0 unspecified atom stereocenters. The second kappa shape index (κ2) is 7.84. The van der Waals surface area contributed by atoms with Crippen molar-refractivity contribution in [2.24, 2.45) is 0 Å². The molecule has 1 aromatic heterocycles. The number of ether oxygens (including phenoxy) is 1. The molecule has 1 N–H and O–H groups in total. The van der Waals surface area contributed by atoms with Crippen molar-refractivity contribution in [2.75, 3.05) is 7.11 Å². The third-order valence-electron chi connectivity index (χ3n) is 3.73. The zero-order chi connectivity index (χ0) is 18.5. The average Bonchev–Trinajstić information content (AvgIpc) is 2.67. The summed E-state index contributed by atoms with van der Waals surface area (Å²) >= 11 is 6.10. The predicted octanol–water partition coefficient (Wildman–Crippen LogP) is 2.82. The summed E-state index contributed by atoms with van der Waals surface area (Å²) in [6.07, 6.45) is 0. The van der Waals surface area contributed by atoms with Crippen LogP contribution in [0.25, 0.3) is 5.69 Å². The molecule has 1 heterocycles. The molecule has 3 aromatic rings. The van der Waals surface area contributed by atoms with E-state index in [0.29, 0.717) is 10.7 Å². The Morgan fingerprint density at radius 1 is 1.15 bits per heavy atom. The van der Waals surface area contributed by atoms with Crippen LogP contribution in [0.2, 0.25) is 5.02 Å². The molecule has 0 aliphatic carbocycles. The Kier molecular flexibility index (Phi) is 5.34. The van der Waals surface area contributed by atoms with Gasteiger partial charge in [0.25, 0.3) is 11.5 Å². The molecule has 0 radical (unpaired) electrons. The zero-order valence-corrected chi connectivity index (χ0v) is 14.7. The highest BCUT2D eigenvalue weighted by Crippen LogP contribution is 2.17. The normalized spacial score (nSPS) is 10.4. The van der Waals surface area contributed by atoms with E-state index >= 15 is 0 Å². The molecule has 0 atom stereocenters. The summed E-state index contributed by atoms with van der Waals surface area (Å²) < 4.78 is 6.31. The van der Waals surface area contributed by atoms with Crippen LogP contribution in [0.4, 0.5) is 0 Å². The quantitative estimate of drug-likeness (QED) is 0.750. The number of amides is 1. The fourth-order valence-electron chi connectivity index (χ4n) is 2.41. The number of methoxy groups -OCH3 is 1. The lowest BCUT2D eigenvalue weighted by Crippen LogP contribution is -2.29. The molecule has 0 bridgehead atoms. The van der Waals surface area contributed by atoms with Gasteiger partial charge in [-0.1, -0.05) is 48.0 Å². The van der Waals surface area contributed by atoms with Crippen molar-refractivity contribution in [3.8, 4) is 11.4 Å². The number of benzene rings is 2. The van der Waals surface area contributed by atoms with Crippen LogP contribution in [0, 0.1) is 0 Å². The maximum atomic E-state index is 12.6. The Bertz CT molecular complexity index is 987. The smallest absolute Gasteiger partial charge is 0.275 e. The lowest BCUT2D eigenvalue weighted by molar-refractivity contribution is 0.0940. The molecule has 2 aromatic carbocycles. The monoisotopic (exact) mass is 369 g/mol. The van der Waals surface area contributed by atoms with Gasteiger partial charge < -0.3 is 10.1 Å². The Morgan fingerprint density at radius 2 is 1.85 bits per heavy atom. The second-order valence-electron chi connectivity index (χ2n) is 5.42. The van der Waals surface area contributed by atoms with E-state index in [1.54, 1.807) is 30.3 Å². The summed E-state index contributed by atoms with van der Waals surface area (Å²) in [6, 6.07) is 17.3. The molecule has 1 amide bonds. The molecule has 7 heteroatoms. The molecular formula is C19H16ClN3O3. The number of nitrogens with one attached hydrogen (secondary N) is 1. The fourth-order valence-corrected chi connectivity index (χ4v) is 2.61. The first-order valence-electron chi connectivity index (χ1n) is 7.85. The van der Waals surface area contributed by atoms with E-state index in [1.165, 1.54) is 13.2 Å². The van der Waals surface area contributed by atoms with Gasteiger partial charge in [0.15, 0.2) is 11.4 Å². The Balaban J connectivity index is 1.91. The van der Waals surface area contributed by atoms with Crippen LogP contribution in [-0.4, -0.2) is 22.8 Å². The zero-order valence-electron chi connectivity index (χ0n) is 14.0. The van der Waals surface area contributed by atoms with Gasteiger partial charge in [-0.2, -0.15) is 9.78 Å². The SMILES string of the molecule is COc1cc(=O)n(-c2ccccc2)nc1C(=O)NCc1ccccc1Cl. The first kappa shape index (κ1) is 17.7. The molecule has 0 aliphatic rings. The molecule has 0 saturated carbocycles. The van der Waals surface area contributed by atoms with Gasteiger partial charge >= 0.3 is 0 Å². The number of rotatable bonds is 5. The number of nitrogens with zero attached hydrogens (tertiary/aromatic N) is 2. The van der Waals surface area contributed by atoms with Crippen LogP contribution in [0.5, 0.6) is 5.75 Å². The Hall–Kier alpha value is -3.12. The minimum absolute atomic E-state index is 0.0167. The van der Waals surface area contributed by atoms with Crippen LogP contribution in [-0.2, 0) is 6.54 Å². The van der Waals surface area contributed by atoms with E-state index in [0.717, 1.165) is 10.2 Å². The third kappa shape index (κ3) is 3.75. The first-order chi connectivity index (χ1) is 12.6. The topological polar surface area (TPSA) is 73.2 Å². The van der Waals surface area contributed by atoms with Crippen molar-refractivity contribution in [1.29, 1.82) is 0 Å². The van der Waals surface area contributed by atoms with Crippen molar-refractivity contribution in [3.63, 3.8) is 0 Å². The van der Waals surface area contributed by atoms with E-state index in [9.17, 15) is 9.59 Å². The number of para-hydroxylation sites is 1. The number of carbonyl (C=O) groups excluding carboxylic acids is 1. The van der Waals surface area contributed by atoms with Crippen LogP contribution in [0.15, 0.2) is 65.5 Å². The maximum Gasteiger partial charge on any atom is 0.275 e. The lowest BCUT2D eigenvalue weighted by Gasteiger charge is -2.12. The first-order valence-corrected chi connectivity index (χ1v) is 8.23. The van der Waals surface area contributed by atoms with Gasteiger partial charge in [0.1, 0.15) is 0 Å². The second-order valence-corrected chi connectivity index (χ2v) is 5.83. The summed E-state index contributed by atoms with van der Waals surface area (Å²) in [5, 5.41) is 7.49. The summed E-state index contributed by atoms with van der Waals surface area (Å²) in [6.45, 7) is 0.230. The number of hydrogen-bond donors (Lipinski definition) is 1. The Morgan fingerprint density at radius 3 is 2.54 bits per heavy atom. The van der Waals surface area contributed by atoms with Crippen LogP contribution < -0.4 is 15.6 Å². The average molecular weight is 370 g/mol. The van der Waals surface area contributed by atoms with Crippen molar-refractivity contribution in [3.05, 3.63) is 87.3 Å². The van der Waals surface area contributed by atoms with Crippen LogP contribution >= 0.6 is 11.6 Å². The van der Waals surface area contributed by atoms with E-state index < -0.39 is 11.5 Å². The number of halogens is 1. The standard InChI is InChI=1S/C19H16ClN3O3/c1-26-16-11-17(24)23(14-8-3-2-4-9-14)22-18(16)19(25)21-12-13-7-5-6-10-15(13)20/h2-11H,12H2,1H3,(H,21,25). The van der Waals surface area contributed by atoms with Crippen LogP contribution in [0.3, 0.4) is 0 Å². The largest absolute Gasteiger partial charge is 0.494 e. The molecular weight excluding hydrogens is 354 g/mol. The van der Waals surface area contributed by atoms with Gasteiger partial charge in [0.05, 0.1) is 18.9 Å². The van der Waals surface area contributed by atoms with Gasteiger partial charge in [0.2, 0.25) is 0 Å². The molecule has 0 fully saturated rings. The maximum absolute atomic E-state index is 12.6. The number of carbonyl (C=O) groups is 1. The molecule has 6 nitrogen and oxygen atoms in total. The minimum Gasteiger partial charge on any atom is -0.494 e. The highest BCUT2D eigenvalue weighted by atomic mass is 35.5. The third-order valence-corrected chi connectivity index (χ3v) is 4.10. The summed E-state index contributed by atoms with van der Waals surface area (Å²) in [5.41, 5.74) is 0.955. The fraction of sp³-hybridized carbons (Fsp3) is 0.105. The summed E-state index contributed by atoms with van der Waals surface area (Å²) in [4.78, 5) is 24.9. The van der Waals surface area contributed by atoms with Crippen molar-refractivity contribution < 1.29 is 9.53 Å². The van der Waals surface area contributed by atoms with E-state index in [1.807, 2.05) is 24.3 Å².